The number of carbonyl (C=O) groups excluding carboxylic acids is 1. The zero-order chi connectivity index (χ0) is 14.7. The Bertz CT molecular complexity index is 633. The lowest BCUT2D eigenvalue weighted by Gasteiger charge is -2.06. The number of ketones is 1. The minimum Gasteiger partial charge on any atom is -0.494 e. The van der Waals surface area contributed by atoms with Gasteiger partial charge in [-0.05, 0) is 48.4 Å². The predicted molar refractivity (Wildman–Crippen MR) is 79.9 cm³/mol. The Morgan fingerprint density at radius 2 is 2.00 bits per heavy atom. The highest BCUT2D eigenvalue weighted by atomic mass is 79.9. The lowest BCUT2D eigenvalue weighted by molar-refractivity contribution is 0.0992. The van der Waals surface area contributed by atoms with Crippen molar-refractivity contribution in [3.63, 3.8) is 0 Å². The van der Waals surface area contributed by atoms with Gasteiger partial charge in [-0.25, -0.2) is 4.39 Å². The summed E-state index contributed by atoms with van der Waals surface area (Å²) in [6.45, 7) is 1.93. The van der Waals surface area contributed by atoms with Gasteiger partial charge in [0.15, 0.2) is 17.3 Å². The Labute approximate surface area is 125 Å². The number of hydrogen-bond donors (Lipinski definition) is 0. The third kappa shape index (κ3) is 3.45. The molecule has 0 amide bonds. The number of rotatable bonds is 4. The molecule has 0 aliphatic carbocycles. The fourth-order valence-electron chi connectivity index (χ4n) is 2.00. The molecular formula is C16H14BrFO2. The molecule has 0 radical (unpaired) electrons. The number of ether oxygens (including phenoxy) is 1. The summed E-state index contributed by atoms with van der Waals surface area (Å²) in [5.41, 5.74) is 2.25. The largest absolute Gasteiger partial charge is 0.494 e. The van der Waals surface area contributed by atoms with E-state index in [1.165, 1.54) is 19.2 Å². The van der Waals surface area contributed by atoms with Crippen LogP contribution in [0.15, 0.2) is 40.9 Å². The maximum absolute atomic E-state index is 13.6. The Balaban J connectivity index is 2.21. The van der Waals surface area contributed by atoms with Gasteiger partial charge in [0.05, 0.1) is 7.11 Å². The number of hydrogen-bond acceptors (Lipinski definition) is 2. The van der Waals surface area contributed by atoms with Gasteiger partial charge in [-0.1, -0.05) is 22.0 Å². The summed E-state index contributed by atoms with van der Waals surface area (Å²) in [4.78, 5) is 12.2. The molecule has 4 heteroatoms. The highest BCUT2D eigenvalue weighted by molar-refractivity contribution is 9.10. The number of carbonyl (C=O) groups is 1. The molecule has 0 bridgehead atoms. The van der Waals surface area contributed by atoms with Crippen LogP contribution >= 0.6 is 15.9 Å². The van der Waals surface area contributed by atoms with Crippen LogP contribution in [0.5, 0.6) is 5.75 Å². The number of halogens is 2. The number of benzene rings is 2. The van der Waals surface area contributed by atoms with E-state index in [1.54, 1.807) is 12.1 Å². The van der Waals surface area contributed by atoms with Crippen LogP contribution in [0.3, 0.4) is 0 Å². The smallest absolute Gasteiger partial charge is 0.167 e. The van der Waals surface area contributed by atoms with Crippen molar-refractivity contribution in [2.75, 3.05) is 7.11 Å². The molecule has 2 aromatic carbocycles. The quantitative estimate of drug-likeness (QED) is 0.776. The molecule has 0 unspecified atom stereocenters. The molecule has 2 nitrogen and oxygen atoms in total. The van der Waals surface area contributed by atoms with Gasteiger partial charge in [0.25, 0.3) is 0 Å². The second-order valence-corrected chi connectivity index (χ2v) is 5.50. The fraction of sp³-hybridized carbons (Fsp3) is 0.188. The van der Waals surface area contributed by atoms with E-state index in [0.29, 0.717) is 11.1 Å². The number of Topliss-reactive ketones (excluding diaryl/α,β-unsaturated/α-hetero) is 1. The Hall–Kier alpha value is -1.68. The lowest BCUT2D eigenvalue weighted by Crippen LogP contribution is -2.04. The van der Waals surface area contributed by atoms with Gasteiger partial charge < -0.3 is 4.74 Å². The van der Waals surface area contributed by atoms with E-state index in [2.05, 4.69) is 15.9 Å². The van der Waals surface area contributed by atoms with E-state index < -0.39 is 5.82 Å². The van der Waals surface area contributed by atoms with E-state index in [1.807, 2.05) is 19.1 Å². The zero-order valence-electron chi connectivity index (χ0n) is 11.2. The van der Waals surface area contributed by atoms with Crippen molar-refractivity contribution < 1.29 is 13.9 Å². The summed E-state index contributed by atoms with van der Waals surface area (Å²) >= 11 is 3.37. The van der Waals surface area contributed by atoms with Crippen molar-refractivity contribution in [2.24, 2.45) is 0 Å². The summed E-state index contributed by atoms with van der Waals surface area (Å²) < 4.78 is 19.3. The highest BCUT2D eigenvalue weighted by Crippen LogP contribution is 2.20. The first kappa shape index (κ1) is 14.7. The summed E-state index contributed by atoms with van der Waals surface area (Å²) in [6, 6.07) is 10.1. The van der Waals surface area contributed by atoms with Gasteiger partial charge in [0.2, 0.25) is 0 Å². The molecule has 0 fully saturated rings. The van der Waals surface area contributed by atoms with Gasteiger partial charge >= 0.3 is 0 Å². The van der Waals surface area contributed by atoms with Crippen molar-refractivity contribution >= 4 is 21.7 Å². The van der Waals surface area contributed by atoms with Crippen molar-refractivity contribution in [2.45, 2.75) is 13.3 Å². The molecule has 2 aromatic rings. The van der Waals surface area contributed by atoms with Gasteiger partial charge in [-0.2, -0.15) is 0 Å². The average molecular weight is 337 g/mol. The lowest BCUT2D eigenvalue weighted by atomic mass is 10.0. The van der Waals surface area contributed by atoms with Crippen molar-refractivity contribution in [1.29, 1.82) is 0 Å². The van der Waals surface area contributed by atoms with Crippen molar-refractivity contribution in [3.05, 3.63) is 63.4 Å². The monoisotopic (exact) mass is 336 g/mol. The van der Waals surface area contributed by atoms with Gasteiger partial charge in [0, 0.05) is 16.5 Å². The molecule has 0 N–H and O–H groups in total. The van der Waals surface area contributed by atoms with Crippen LogP contribution in [0.1, 0.15) is 21.5 Å². The van der Waals surface area contributed by atoms with Crippen LogP contribution in [-0.4, -0.2) is 12.9 Å². The molecule has 0 aliphatic rings. The second-order valence-electron chi connectivity index (χ2n) is 4.59. The first-order valence-corrected chi connectivity index (χ1v) is 6.91. The van der Waals surface area contributed by atoms with E-state index in [9.17, 15) is 9.18 Å². The van der Waals surface area contributed by atoms with Gasteiger partial charge in [-0.15, -0.1) is 0 Å². The molecular weight excluding hydrogens is 323 g/mol. The summed E-state index contributed by atoms with van der Waals surface area (Å²) in [5, 5.41) is 0. The maximum atomic E-state index is 13.6. The standard InChI is InChI=1S/C16H14BrFO2/c1-10-5-12(9-13(17)6-10)15(19)8-11-3-4-16(20-2)14(18)7-11/h3-7,9H,8H2,1-2H3. The molecule has 104 valence electrons. The summed E-state index contributed by atoms with van der Waals surface area (Å²) in [7, 11) is 1.41. The van der Waals surface area contributed by atoms with Crippen LogP contribution in [0.4, 0.5) is 4.39 Å². The van der Waals surface area contributed by atoms with Crippen LogP contribution in [0.25, 0.3) is 0 Å². The predicted octanol–water partition coefficient (Wildman–Crippen LogP) is 4.33. The van der Waals surface area contributed by atoms with Crippen LogP contribution < -0.4 is 4.74 Å². The number of methoxy groups -OCH3 is 1. The van der Waals surface area contributed by atoms with Gasteiger partial charge in [0.1, 0.15) is 0 Å². The van der Waals surface area contributed by atoms with Crippen molar-refractivity contribution in [1.82, 2.24) is 0 Å². The molecule has 0 atom stereocenters. The molecule has 2 rings (SSSR count). The highest BCUT2D eigenvalue weighted by Gasteiger charge is 2.10. The van der Waals surface area contributed by atoms with E-state index in [-0.39, 0.29) is 18.0 Å². The van der Waals surface area contributed by atoms with Crippen molar-refractivity contribution in [3.8, 4) is 5.75 Å². The molecule has 20 heavy (non-hydrogen) atoms. The third-order valence-electron chi connectivity index (χ3n) is 2.94. The molecule has 0 saturated carbocycles. The Morgan fingerprint density at radius 3 is 2.60 bits per heavy atom. The first-order chi connectivity index (χ1) is 9.49. The Kier molecular flexibility index (Phi) is 4.55. The van der Waals surface area contributed by atoms with E-state index in [4.69, 9.17) is 4.74 Å². The zero-order valence-corrected chi connectivity index (χ0v) is 12.8. The van der Waals surface area contributed by atoms with Crippen LogP contribution in [0.2, 0.25) is 0 Å². The second kappa shape index (κ2) is 6.18. The third-order valence-corrected chi connectivity index (χ3v) is 3.40. The SMILES string of the molecule is COc1ccc(CC(=O)c2cc(C)cc(Br)c2)cc1F. The first-order valence-electron chi connectivity index (χ1n) is 6.12. The molecule has 0 saturated heterocycles. The Morgan fingerprint density at radius 1 is 1.25 bits per heavy atom. The minimum atomic E-state index is -0.455. The minimum absolute atomic E-state index is 0.0426. The molecule has 0 aromatic heterocycles. The topological polar surface area (TPSA) is 26.3 Å². The van der Waals surface area contributed by atoms with Gasteiger partial charge in [-0.3, -0.25) is 4.79 Å². The maximum Gasteiger partial charge on any atom is 0.167 e. The fourth-order valence-corrected chi connectivity index (χ4v) is 2.61. The summed E-state index contributed by atoms with van der Waals surface area (Å²) in [5.74, 6) is -0.318. The van der Waals surface area contributed by atoms with E-state index in [0.717, 1.165) is 10.0 Å². The molecule has 0 spiro atoms. The molecule has 0 aliphatic heterocycles. The molecule has 0 heterocycles. The average Bonchev–Trinajstić information content (AvgIpc) is 2.37. The van der Waals surface area contributed by atoms with E-state index >= 15 is 0 Å². The van der Waals surface area contributed by atoms with Crippen LogP contribution in [-0.2, 0) is 6.42 Å². The summed E-state index contributed by atoms with van der Waals surface area (Å²) in [6.07, 6.45) is 0.163. The number of aryl methyl sites for hydroxylation is 1. The van der Waals surface area contributed by atoms with Crippen LogP contribution in [0, 0.1) is 12.7 Å². The normalized spacial score (nSPS) is 10.4.